The number of nitrogens with zero attached hydrogens (tertiary/aromatic N) is 3. The fourth-order valence-corrected chi connectivity index (χ4v) is 2.78. The van der Waals surface area contributed by atoms with Crippen LogP contribution >= 0.6 is 0 Å². The highest BCUT2D eigenvalue weighted by molar-refractivity contribution is 5.47. The average Bonchev–Trinajstić information content (AvgIpc) is 2.49. The van der Waals surface area contributed by atoms with Gasteiger partial charge in [-0.1, -0.05) is 12.1 Å². The first-order chi connectivity index (χ1) is 9.79. The van der Waals surface area contributed by atoms with Crippen LogP contribution in [0.15, 0.2) is 24.3 Å². The molecule has 2 rings (SSSR count). The van der Waals surface area contributed by atoms with Crippen LogP contribution in [-0.2, 0) is 6.54 Å². The molecule has 0 aromatic heterocycles. The molecule has 0 spiro atoms. The van der Waals surface area contributed by atoms with Crippen molar-refractivity contribution < 1.29 is 0 Å². The van der Waals surface area contributed by atoms with Crippen molar-refractivity contribution in [2.45, 2.75) is 38.6 Å². The fraction of sp³-hybridized carbons (Fsp3) is 0.588. The molecular formula is C17H25N3. The van der Waals surface area contributed by atoms with Crippen LogP contribution < -0.4 is 4.90 Å². The van der Waals surface area contributed by atoms with Crippen molar-refractivity contribution in [3.8, 4) is 6.07 Å². The van der Waals surface area contributed by atoms with Gasteiger partial charge in [-0.3, -0.25) is 0 Å². The first-order valence-electron chi connectivity index (χ1n) is 7.69. The van der Waals surface area contributed by atoms with Crippen molar-refractivity contribution in [3.63, 3.8) is 0 Å². The highest BCUT2D eigenvalue weighted by atomic mass is 15.1. The van der Waals surface area contributed by atoms with Crippen LogP contribution in [0.1, 0.15) is 37.7 Å². The topological polar surface area (TPSA) is 30.3 Å². The van der Waals surface area contributed by atoms with Crippen molar-refractivity contribution in [2.75, 3.05) is 31.6 Å². The number of hydrogen-bond acceptors (Lipinski definition) is 3. The predicted molar refractivity (Wildman–Crippen MR) is 83.7 cm³/mol. The second kappa shape index (κ2) is 7.91. The van der Waals surface area contributed by atoms with E-state index in [-0.39, 0.29) is 0 Å². The van der Waals surface area contributed by atoms with E-state index in [1.807, 2.05) is 0 Å². The van der Waals surface area contributed by atoms with Crippen molar-refractivity contribution in [1.82, 2.24) is 4.90 Å². The molecule has 0 radical (unpaired) electrons. The normalized spacial score (nSPS) is 15.3. The molecule has 3 nitrogen and oxygen atoms in total. The second-order valence-corrected chi connectivity index (χ2v) is 5.71. The number of piperidine rings is 1. The molecule has 0 N–H and O–H groups in total. The molecule has 1 aliphatic rings. The standard InChI is InChI=1S/C17H25N3/c1-19(12-6-3-11-18)15-16-7-9-17(10-8-16)20-13-4-2-5-14-20/h7-10H,2-6,12-15H2,1H3. The third-order valence-electron chi connectivity index (χ3n) is 3.94. The molecule has 1 aromatic rings. The van der Waals surface area contributed by atoms with E-state index in [2.05, 4.69) is 47.2 Å². The molecule has 1 aliphatic heterocycles. The highest BCUT2D eigenvalue weighted by Gasteiger charge is 2.10. The van der Waals surface area contributed by atoms with Crippen LogP contribution in [0.4, 0.5) is 5.69 Å². The van der Waals surface area contributed by atoms with Crippen molar-refractivity contribution in [3.05, 3.63) is 29.8 Å². The summed E-state index contributed by atoms with van der Waals surface area (Å²) in [5, 5.41) is 8.55. The molecule has 1 heterocycles. The summed E-state index contributed by atoms with van der Waals surface area (Å²) in [4.78, 5) is 4.77. The summed E-state index contributed by atoms with van der Waals surface area (Å²) in [6.07, 6.45) is 5.63. The van der Waals surface area contributed by atoms with Crippen LogP contribution in [0, 0.1) is 11.3 Å². The van der Waals surface area contributed by atoms with Gasteiger partial charge < -0.3 is 9.80 Å². The van der Waals surface area contributed by atoms with Crippen LogP contribution in [0.25, 0.3) is 0 Å². The third kappa shape index (κ3) is 4.54. The quantitative estimate of drug-likeness (QED) is 0.743. The number of hydrogen-bond donors (Lipinski definition) is 0. The Morgan fingerprint density at radius 1 is 1.15 bits per heavy atom. The molecule has 3 heteroatoms. The third-order valence-corrected chi connectivity index (χ3v) is 3.94. The molecule has 0 unspecified atom stereocenters. The van der Waals surface area contributed by atoms with Crippen molar-refractivity contribution in [1.29, 1.82) is 5.26 Å². The summed E-state index contributed by atoms with van der Waals surface area (Å²) < 4.78 is 0. The summed E-state index contributed by atoms with van der Waals surface area (Å²) in [6, 6.07) is 11.2. The summed E-state index contributed by atoms with van der Waals surface area (Å²) in [6.45, 7) is 4.36. The van der Waals surface area contributed by atoms with E-state index < -0.39 is 0 Å². The number of unbranched alkanes of at least 4 members (excludes halogenated alkanes) is 1. The molecule has 0 amide bonds. The Bertz CT molecular complexity index is 427. The van der Waals surface area contributed by atoms with E-state index in [9.17, 15) is 0 Å². The van der Waals surface area contributed by atoms with Gasteiger partial charge in [0.2, 0.25) is 0 Å². The van der Waals surface area contributed by atoms with E-state index in [0.717, 1.165) is 19.5 Å². The van der Waals surface area contributed by atoms with E-state index in [1.54, 1.807) is 0 Å². The summed E-state index contributed by atoms with van der Waals surface area (Å²) in [5.74, 6) is 0. The monoisotopic (exact) mass is 271 g/mol. The minimum Gasteiger partial charge on any atom is -0.372 e. The SMILES string of the molecule is CN(CCCC#N)Cc1ccc(N2CCCCC2)cc1. The summed E-state index contributed by atoms with van der Waals surface area (Å²) >= 11 is 0. The highest BCUT2D eigenvalue weighted by Crippen LogP contribution is 2.20. The Morgan fingerprint density at radius 2 is 1.85 bits per heavy atom. The molecule has 0 saturated carbocycles. The predicted octanol–water partition coefficient (Wildman–Crippen LogP) is 3.41. The maximum absolute atomic E-state index is 8.55. The Morgan fingerprint density at radius 3 is 2.50 bits per heavy atom. The number of rotatable bonds is 6. The van der Waals surface area contributed by atoms with Gasteiger partial charge in [0.1, 0.15) is 0 Å². The lowest BCUT2D eigenvalue weighted by atomic mass is 10.1. The summed E-state index contributed by atoms with van der Waals surface area (Å²) in [5.41, 5.74) is 2.71. The zero-order valence-electron chi connectivity index (χ0n) is 12.5. The van der Waals surface area contributed by atoms with Crippen LogP contribution in [0.3, 0.4) is 0 Å². The number of anilines is 1. The van der Waals surface area contributed by atoms with E-state index in [4.69, 9.17) is 5.26 Å². The van der Waals surface area contributed by atoms with Gasteiger partial charge in [0.15, 0.2) is 0 Å². The molecule has 20 heavy (non-hydrogen) atoms. The van der Waals surface area contributed by atoms with Gasteiger partial charge in [-0.25, -0.2) is 0 Å². The smallest absolute Gasteiger partial charge is 0.0622 e. The second-order valence-electron chi connectivity index (χ2n) is 5.71. The van der Waals surface area contributed by atoms with Crippen molar-refractivity contribution >= 4 is 5.69 Å². The van der Waals surface area contributed by atoms with Crippen LogP contribution in [0.5, 0.6) is 0 Å². The lowest BCUT2D eigenvalue weighted by Gasteiger charge is -2.29. The molecule has 0 aliphatic carbocycles. The van der Waals surface area contributed by atoms with E-state index >= 15 is 0 Å². The molecule has 1 saturated heterocycles. The van der Waals surface area contributed by atoms with E-state index in [1.165, 1.54) is 43.6 Å². The van der Waals surface area contributed by atoms with Gasteiger partial charge in [0.25, 0.3) is 0 Å². The molecule has 0 atom stereocenters. The molecule has 108 valence electrons. The fourth-order valence-electron chi connectivity index (χ4n) is 2.78. The first kappa shape index (κ1) is 14.9. The Hall–Kier alpha value is -1.53. The number of benzene rings is 1. The lowest BCUT2D eigenvalue weighted by Crippen LogP contribution is -2.29. The van der Waals surface area contributed by atoms with Gasteiger partial charge in [-0.15, -0.1) is 0 Å². The summed E-state index contributed by atoms with van der Waals surface area (Å²) in [7, 11) is 2.12. The zero-order valence-corrected chi connectivity index (χ0v) is 12.5. The maximum atomic E-state index is 8.55. The molecular weight excluding hydrogens is 246 g/mol. The number of nitriles is 1. The average molecular weight is 271 g/mol. The largest absolute Gasteiger partial charge is 0.372 e. The van der Waals surface area contributed by atoms with Gasteiger partial charge >= 0.3 is 0 Å². The molecule has 1 aromatic carbocycles. The maximum Gasteiger partial charge on any atom is 0.0622 e. The van der Waals surface area contributed by atoms with Gasteiger partial charge in [0.05, 0.1) is 6.07 Å². The zero-order chi connectivity index (χ0) is 14.2. The van der Waals surface area contributed by atoms with Crippen LogP contribution in [0.2, 0.25) is 0 Å². The Balaban J connectivity index is 1.83. The first-order valence-corrected chi connectivity index (χ1v) is 7.69. The lowest BCUT2D eigenvalue weighted by molar-refractivity contribution is 0.323. The Labute approximate surface area is 122 Å². The van der Waals surface area contributed by atoms with Gasteiger partial charge in [-0.2, -0.15) is 5.26 Å². The van der Waals surface area contributed by atoms with E-state index in [0.29, 0.717) is 6.42 Å². The minimum atomic E-state index is 0.651. The van der Waals surface area contributed by atoms with Crippen LogP contribution in [-0.4, -0.2) is 31.6 Å². The van der Waals surface area contributed by atoms with Gasteiger partial charge in [-0.05, 0) is 57.0 Å². The molecule has 0 bridgehead atoms. The van der Waals surface area contributed by atoms with Crippen molar-refractivity contribution in [2.24, 2.45) is 0 Å². The Kier molecular flexibility index (Phi) is 5.88. The van der Waals surface area contributed by atoms with Gasteiger partial charge in [0, 0.05) is 31.7 Å². The molecule has 1 fully saturated rings. The minimum absolute atomic E-state index is 0.651.